The molecule has 4 rings (SSSR count). The Morgan fingerprint density at radius 1 is 1.02 bits per heavy atom. The Morgan fingerprint density at radius 2 is 1.67 bits per heavy atom. The van der Waals surface area contributed by atoms with Gasteiger partial charge in [0, 0.05) is 42.4 Å². The third kappa shape index (κ3) is 10.7. The molecular weight excluding hydrogens is 795 g/mol. The van der Waals surface area contributed by atoms with Gasteiger partial charge in [-0.15, -0.1) is 10.2 Å². The molecule has 4 N–H and O–H groups in total. The van der Waals surface area contributed by atoms with Crippen molar-refractivity contribution in [2.24, 2.45) is 10.2 Å². The van der Waals surface area contributed by atoms with Gasteiger partial charge >= 0.3 is 0 Å². The lowest BCUT2D eigenvalue weighted by molar-refractivity contribution is -0.114. The van der Waals surface area contributed by atoms with E-state index in [0.717, 1.165) is 12.1 Å². The molecular formula is C35H38Cl2N8O8S2. The molecule has 0 aliphatic carbocycles. The molecule has 2 amide bonds. The van der Waals surface area contributed by atoms with E-state index in [1.807, 2.05) is 32.6 Å². The monoisotopic (exact) mass is 832 g/mol. The Labute approximate surface area is 328 Å². The number of carbonyl (C=O) groups excluding carboxylic acids is 2. The predicted molar refractivity (Wildman–Crippen MR) is 210 cm³/mol. The quantitative estimate of drug-likeness (QED) is 0.0754. The predicted octanol–water partition coefficient (Wildman–Crippen LogP) is 7.63. The standard InChI is InChI=1S/C35H38Cl2N8O8S2/c1-7-44(12-9-13-54(48,49)50)30-18-28(39-21(3)46)29(14-20(30)2)41-42-33-25(19-38)32(35(4,5)6)43-45(33)31-26(36)16-23(17-27(31)37)40-34(47)22-10-8-11-24(15-22)55(51,52)53/h8,10-11,14-18H,7,9,12-13H2,1-6H3,(H,39,46)(H,40,47)(H,48,49,50)(H,51,52,53). The maximum Gasteiger partial charge on any atom is 0.294 e. The van der Waals surface area contributed by atoms with Gasteiger partial charge in [0.1, 0.15) is 23.0 Å². The highest BCUT2D eigenvalue weighted by atomic mass is 35.5. The number of amides is 2. The van der Waals surface area contributed by atoms with Crippen molar-refractivity contribution in [1.29, 1.82) is 5.26 Å². The fourth-order valence-electron chi connectivity index (χ4n) is 5.51. The Hall–Kier alpha value is -4.90. The fourth-order valence-corrected chi connectivity index (χ4v) is 7.18. The van der Waals surface area contributed by atoms with Crippen LogP contribution in [0, 0.1) is 18.3 Å². The zero-order valence-electron chi connectivity index (χ0n) is 30.5. The number of anilines is 3. The number of nitriles is 1. The first-order valence-corrected chi connectivity index (χ1v) is 20.3. The summed E-state index contributed by atoms with van der Waals surface area (Å²) < 4.78 is 65.6. The highest BCUT2D eigenvalue weighted by Gasteiger charge is 2.30. The average molecular weight is 834 g/mol. The van der Waals surface area contributed by atoms with Crippen LogP contribution in [-0.4, -0.2) is 66.4 Å². The number of rotatable bonds is 13. The number of hydrogen-bond donors (Lipinski definition) is 4. The number of halogens is 2. The molecule has 0 atom stereocenters. The summed E-state index contributed by atoms with van der Waals surface area (Å²) in [4.78, 5) is 26.7. The SMILES string of the molecule is CCN(CCCS(=O)(=O)O)c1cc(NC(C)=O)c(N=Nc2c(C#N)c(C(C)(C)C)nn2-c2c(Cl)cc(NC(=O)c3cccc(S(=O)(=O)O)c3)cc2Cl)cc1C. The van der Waals surface area contributed by atoms with Gasteiger partial charge < -0.3 is 15.5 Å². The molecule has 0 unspecified atom stereocenters. The van der Waals surface area contributed by atoms with Crippen molar-refractivity contribution in [3.63, 3.8) is 0 Å². The van der Waals surface area contributed by atoms with E-state index in [-0.39, 0.29) is 56.2 Å². The zero-order valence-corrected chi connectivity index (χ0v) is 33.7. The molecule has 20 heteroatoms. The Bertz CT molecular complexity index is 2430. The summed E-state index contributed by atoms with van der Waals surface area (Å²) in [6.45, 7) is 11.3. The van der Waals surface area contributed by atoms with Crippen LogP contribution in [0.15, 0.2) is 63.7 Å². The number of benzene rings is 3. The average Bonchev–Trinajstić information content (AvgIpc) is 3.44. The number of aromatic nitrogens is 2. The minimum atomic E-state index is -4.56. The largest absolute Gasteiger partial charge is 0.372 e. The summed E-state index contributed by atoms with van der Waals surface area (Å²) >= 11 is 13.5. The Morgan fingerprint density at radius 3 is 2.22 bits per heavy atom. The molecule has 3 aromatic carbocycles. The van der Waals surface area contributed by atoms with E-state index in [9.17, 15) is 40.8 Å². The van der Waals surface area contributed by atoms with E-state index in [4.69, 9.17) is 23.2 Å². The summed E-state index contributed by atoms with van der Waals surface area (Å²) in [5.74, 6) is -1.60. The van der Waals surface area contributed by atoms with Gasteiger partial charge in [0.2, 0.25) is 5.91 Å². The lowest BCUT2D eigenvalue weighted by Gasteiger charge is -2.26. The van der Waals surface area contributed by atoms with Crippen molar-refractivity contribution in [3.05, 3.63) is 81.0 Å². The van der Waals surface area contributed by atoms with Gasteiger partial charge in [-0.05, 0) is 68.3 Å². The first-order valence-electron chi connectivity index (χ1n) is 16.5. The lowest BCUT2D eigenvalue weighted by atomic mass is 9.90. The zero-order chi connectivity index (χ0) is 41.0. The molecule has 0 saturated heterocycles. The summed E-state index contributed by atoms with van der Waals surface area (Å²) in [5, 5.41) is 29.2. The van der Waals surface area contributed by atoms with Gasteiger partial charge in [-0.25, -0.2) is 4.68 Å². The van der Waals surface area contributed by atoms with Gasteiger partial charge in [0.15, 0.2) is 5.82 Å². The lowest BCUT2D eigenvalue weighted by Crippen LogP contribution is -2.26. The topological polar surface area (TPSA) is 237 Å². The molecule has 1 heterocycles. The van der Waals surface area contributed by atoms with E-state index in [2.05, 4.69) is 32.0 Å². The second-order valence-electron chi connectivity index (χ2n) is 13.3. The molecule has 16 nitrogen and oxygen atoms in total. The summed E-state index contributed by atoms with van der Waals surface area (Å²) in [7, 11) is -8.71. The van der Waals surface area contributed by atoms with Crippen molar-refractivity contribution in [1.82, 2.24) is 9.78 Å². The second kappa shape index (κ2) is 16.9. The van der Waals surface area contributed by atoms with Crippen LogP contribution in [0.1, 0.15) is 68.2 Å². The molecule has 1 aromatic heterocycles. The van der Waals surface area contributed by atoms with Crippen LogP contribution in [0.4, 0.5) is 28.6 Å². The van der Waals surface area contributed by atoms with Crippen molar-refractivity contribution >= 4 is 83.8 Å². The minimum Gasteiger partial charge on any atom is -0.372 e. The molecule has 0 aliphatic rings. The maximum atomic E-state index is 13.0. The molecule has 55 heavy (non-hydrogen) atoms. The minimum absolute atomic E-state index is 0.0221. The third-order valence-electron chi connectivity index (χ3n) is 7.99. The van der Waals surface area contributed by atoms with E-state index >= 15 is 0 Å². The summed E-state index contributed by atoms with van der Waals surface area (Å²) in [6.07, 6.45) is 0.156. The smallest absolute Gasteiger partial charge is 0.294 e. The highest BCUT2D eigenvalue weighted by Crippen LogP contribution is 2.41. The first-order chi connectivity index (χ1) is 25.5. The Kier molecular flexibility index (Phi) is 13.1. The first kappa shape index (κ1) is 42.8. The van der Waals surface area contributed by atoms with Crippen LogP contribution in [-0.2, 0) is 30.4 Å². The van der Waals surface area contributed by atoms with E-state index < -0.39 is 48.1 Å². The summed E-state index contributed by atoms with van der Waals surface area (Å²) in [5.41, 5.74) is 1.73. The van der Waals surface area contributed by atoms with Crippen molar-refractivity contribution in [2.45, 2.75) is 58.3 Å². The van der Waals surface area contributed by atoms with Crippen LogP contribution in [0.2, 0.25) is 10.0 Å². The number of nitrogens with one attached hydrogen (secondary N) is 2. The number of nitrogens with zero attached hydrogens (tertiary/aromatic N) is 6. The van der Waals surface area contributed by atoms with Crippen LogP contribution >= 0.6 is 23.2 Å². The molecule has 0 radical (unpaired) electrons. The number of aryl methyl sites for hydroxylation is 1. The Balaban J connectivity index is 1.81. The van der Waals surface area contributed by atoms with Gasteiger partial charge in [0.05, 0.1) is 32.1 Å². The molecule has 4 aromatic rings. The number of carbonyl (C=O) groups is 2. The molecule has 0 fully saturated rings. The van der Waals surface area contributed by atoms with Crippen molar-refractivity contribution in [2.75, 3.05) is 34.4 Å². The van der Waals surface area contributed by atoms with Crippen molar-refractivity contribution in [3.8, 4) is 11.8 Å². The van der Waals surface area contributed by atoms with Crippen molar-refractivity contribution < 1.29 is 35.5 Å². The van der Waals surface area contributed by atoms with Gasteiger partial charge in [-0.1, -0.05) is 50.0 Å². The number of hydrogen-bond acceptors (Lipinski definition) is 11. The van der Waals surface area contributed by atoms with Crippen LogP contribution < -0.4 is 15.5 Å². The van der Waals surface area contributed by atoms with Crippen LogP contribution in [0.5, 0.6) is 0 Å². The molecule has 0 spiro atoms. The highest BCUT2D eigenvalue weighted by molar-refractivity contribution is 7.86. The van der Waals surface area contributed by atoms with E-state index in [1.165, 1.54) is 35.9 Å². The number of azo groups is 1. The molecule has 292 valence electrons. The van der Waals surface area contributed by atoms with Crippen LogP contribution in [0.3, 0.4) is 0 Å². The molecule has 0 bridgehead atoms. The van der Waals surface area contributed by atoms with E-state index in [1.54, 1.807) is 19.1 Å². The normalized spacial score (nSPS) is 12.1. The van der Waals surface area contributed by atoms with E-state index in [0.29, 0.717) is 30.0 Å². The fraction of sp³-hybridized carbons (Fsp3) is 0.314. The molecule has 0 saturated carbocycles. The van der Waals surface area contributed by atoms with Gasteiger partial charge in [-0.3, -0.25) is 18.7 Å². The van der Waals surface area contributed by atoms with Gasteiger partial charge in [0.25, 0.3) is 26.1 Å². The van der Waals surface area contributed by atoms with Gasteiger partial charge in [-0.2, -0.15) is 27.2 Å². The maximum absolute atomic E-state index is 13.0. The molecule has 0 aliphatic heterocycles. The summed E-state index contributed by atoms with van der Waals surface area (Å²) in [6, 6.07) is 13.0. The third-order valence-corrected chi connectivity index (χ3v) is 10.2. The second-order valence-corrected chi connectivity index (χ2v) is 17.1. The van der Waals surface area contributed by atoms with Crippen LogP contribution in [0.25, 0.3) is 5.69 Å².